The molecule has 0 saturated heterocycles. The molecule has 0 aliphatic carbocycles. The lowest BCUT2D eigenvalue weighted by atomic mass is 9.96. The van der Waals surface area contributed by atoms with E-state index in [-0.39, 0.29) is 11.8 Å². The van der Waals surface area contributed by atoms with Crippen LogP contribution in [0.25, 0.3) is 11.1 Å². The highest BCUT2D eigenvalue weighted by Gasteiger charge is 2.28. The summed E-state index contributed by atoms with van der Waals surface area (Å²) in [5.41, 5.74) is 3.74. The van der Waals surface area contributed by atoms with Gasteiger partial charge < -0.3 is 5.32 Å². The van der Waals surface area contributed by atoms with Gasteiger partial charge in [0.05, 0.1) is 17.3 Å². The molecule has 1 N–H and O–H groups in total. The predicted octanol–water partition coefficient (Wildman–Crippen LogP) is 2.38. The summed E-state index contributed by atoms with van der Waals surface area (Å²) >= 11 is 0. The summed E-state index contributed by atoms with van der Waals surface area (Å²) < 4.78 is 0. The number of rotatable bonds is 0. The van der Waals surface area contributed by atoms with Crippen LogP contribution < -0.4 is 5.32 Å². The fourth-order valence-electron chi connectivity index (χ4n) is 2.46. The summed E-state index contributed by atoms with van der Waals surface area (Å²) in [6, 6.07) is 7.55. The number of anilines is 1. The van der Waals surface area contributed by atoms with Crippen molar-refractivity contribution in [2.45, 2.75) is 19.8 Å². The van der Waals surface area contributed by atoms with Crippen molar-refractivity contribution in [2.75, 3.05) is 5.32 Å². The van der Waals surface area contributed by atoms with E-state index in [0.717, 1.165) is 5.56 Å². The first-order chi connectivity index (χ1) is 9.61. The van der Waals surface area contributed by atoms with Crippen LogP contribution in [0.3, 0.4) is 0 Å². The number of nitrogens with zero attached hydrogens (tertiary/aromatic N) is 3. The van der Waals surface area contributed by atoms with E-state index in [2.05, 4.69) is 21.4 Å². The van der Waals surface area contributed by atoms with Gasteiger partial charge in [0, 0.05) is 23.0 Å². The molecule has 0 aromatic carbocycles. The zero-order valence-corrected chi connectivity index (χ0v) is 11.1. The number of hydrogen-bond acceptors (Lipinski definition) is 4. The zero-order valence-electron chi connectivity index (χ0n) is 11.1. The molecule has 2 aromatic heterocycles. The number of carbonyl (C=O) groups excluding carboxylic acids is 1. The summed E-state index contributed by atoms with van der Waals surface area (Å²) in [6.45, 7) is 3.60. The van der Waals surface area contributed by atoms with E-state index in [0.29, 0.717) is 28.3 Å². The molecule has 98 valence electrons. The SMILES string of the molecule is Cc1cc2c(c(C#N)n1)-c1cccnc1C(C)C(=O)N2. The van der Waals surface area contributed by atoms with Crippen LogP contribution in [-0.2, 0) is 4.79 Å². The molecule has 1 aliphatic rings. The van der Waals surface area contributed by atoms with Crippen molar-refractivity contribution < 1.29 is 4.79 Å². The third-order valence-corrected chi connectivity index (χ3v) is 3.42. The molecule has 0 radical (unpaired) electrons. The smallest absolute Gasteiger partial charge is 0.233 e. The van der Waals surface area contributed by atoms with Gasteiger partial charge in [0.15, 0.2) is 5.69 Å². The first-order valence-corrected chi connectivity index (χ1v) is 6.29. The van der Waals surface area contributed by atoms with Crippen molar-refractivity contribution in [3.05, 3.63) is 41.5 Å². The second kappa shape index (κ2) is 4.42. The maximum atomic E-state index is 12.2. The number of fused-ring (bicyclic) bond motifs is 3. The Bertz CT molecular complexity index is 761. The number of pyridine rings is 2. The van der Waals surface area contributed by atoms with Gasteiger partial charge in [-0.2, -0.15) is 5.26 Å². The van der Waals surface area contributed by atoms with Crippen LogP contribution in [0.1, 0.15) is 29.9 Å². The Hall–Kier alpha value is -2.74. The molecule has 5 heteroatoms. The molecule has 0 bridgehead atoms. The van der Waals surface area contributed by atoms with E-state index in [1.54, 1.807) is 32.2 Å². The molecule has 20 heavy (non-hydrogen) atoms. The summed E-state index contributed by atoms with van der Waals surface area (Å²) in [5, 5.41) is 12.2. The van der Waals surface area contributed by atoms with Gasteiger partial charge in [-0.1, -0.05) is 6.07 Å². The maximum absolute atomic E-state index is 12.2. The number of carbonyl (C=O) groups is 1. The Balaban J connectivity index is 2.41. The molecule has 0 fully saturated rings. The van der Waals surface area contributed by atoms with E-state index >= 15 is 0 Å². The Labute approximate surface area is 116 Å². The van der Waals surface area contributed by atoms with Gasteiger partial charge in [-0.25, -0.2) is 4.98 Å². The van der Waals surface area contributed by atoms with Crippen molar-refractivity contribution in [3.8, 4) is 17.2 Å². The molecule has 1 unspecified atom stereocenters. The van der Waals surface area contributed by atoms with Gasteiger partial charge in [0.25, 0.3) is 0 Å². The number of hydrogen-bond donors (Lipinski definition) is 1. The quantitative estimate of drug-likeness (QED) is 0.792. The molecule has 0 saturated carbocycles. The first-order valence-electron chi connectivity index (χ1n) is 6.29. The second-order valence-electron chi connectivity index (χ2n) is 4.79. The minimum Gasteiger partial charge on any atom is -0.325 e. The van der Waals surface area contributed by atoms with E-state index in [4.69, 9.17) is 0 Å². The van der Waals surface area contributed by atoms with Crippen molar-refractivity contribution in [1.82, 2.24) is 9.97 Å². The Kier molecular flexibility index (Phi) is 2.72. The summed E-state index contributed by atoms with van der Waals surface area (Å²) in [6.07, 6.45) is 1.65. The van der Waals surface area contributed by atoms with Crippen LogP contribution in [0.5, 0.6) is 0 Å². The van der Waals surface area contributed by atoms with Crippen LogP contribution in [0, 0.1) is 18.3 Å². The van der Waals surface area contributed by atoms with Crippen LogP contribution >= 0.6 is 0 Å². The molecule has 1 amide bonds. The third-order valence-electron chi connectivity index (χ3n) is 3.42. The first kappa shape index (κ1) is 12.3. The van der Waals surface area contributed by atoms with E-state index in [1.165, 1.54) is 0 Å². The Morgan fingerprint density at radius 3 is 3.00 bits per heavy atom. The fourth-order valence-corrected chi connectivity index (χ4v) is 2.46. The van der Waals surface area contributed by atoms with Gasteiger partial charge in [0.1, 0.15) is 6.07 Å². The van der Waals surface area contributed by atoms with Gasteiger partial charge >= 0.3 is 0 Å². The number of nitrogens with one attached hydrogen (secondary N) is 1. The largest absolute Gasteiger partial charge is 0.325 e. The lowest BCUT2D eigenvalue weighted by Gasteiger charge is -2.10. The van der Waals surface area contributed by atoms with Gasteiger partial charge in [-0.15, -0.1) is 0 Å². The standard InChI is InChI=1S/C15H12N4O/c1-8-6-11-13(12(7-16)18-8)10-4-3-5-17-14(10)9(2)15(20)19-11/h3-6,9H,1-2H3,(H,19,20). The van der Waals surface area contributed by atoms with Gasteiger partial charge in [-0.05, 0) is 26.0 Å². The van der Waals surface area contributed by atoms with Crippen molar-refractivity contribution >= 4 is 11.6 Å². The average molecular weight is 264 g/mol. The molecule has 2 aromatic rings. The minimum absolute atomic E-state index is 0.127. The molecule has 1 atom stereocenters. The molecule has 3 rings (SSSR count). The summed E-state index contributed by atoms with van der Waals surface area (Å²) in [5.74, 6) is -0.497. The maximum Gasteiger partial charge on any atom is 0.233 e. The highest BCUT2D eigenvalue weighted by Crippen LogP contribution is 2.38. The van der Waals surface area contributed by atoms with E-state index < -0.39 is 0 Å². The van der Waals surface area contributed by atoms with Gasteiger partial charge in [-0.3, -0.25) is 9.78 Å². The molecule has 5 nitrogen and oxygen atoms in total. The highest BCUT2D eigenvalue weighted by atomic mass is 16.1. The molecule has 3 heterocycles. The average Bonchev–Trinajstić information content (AvgIpc) is 2.55. The highest BCUT2D eigenvalue weighted by molar-refractivity contribution is 6.03. The van der Waals surface area contributed by atoms with Gasteiger partial charge in [0.2, 0.25) is 5.91 Å². The monoisotopic (exact) mass is 264 g/mol. The normalized spacial score (nSPS) is 16.4. The third kappa shape index (κ3) is 1.74. The Morgan fingerprint density at radius 2 is 2.25 bits per heavy atom. The van der Waals surface area contributed by atoms with Crippen LogP contribution in [0.4, 0.5) is 5.69 Å². The van der Waals surface area contributed by atoms with E-state index in [9.17, 15) is 10.1 Å². The van der Waals surface area contributed by atoms with Crippen molar-refractivity contribution in [1.29, 1.82) is 5.26 Å². The fraction of sp³-hybridized carbons (Fsp3) is 0.200. The minimum atomic E-state index is -0.370. The van der Waals surface area contributed by atoms with Crippen molar-refractivity contribution in [2.24, 2.45) is 0 Å². The lowest BCUT2D eigenvalue weighted by Crippen LogP contribution is -2.18. The topological polar surface area (TPSA) is 78.7 Å². The predicted molar refractivity (Wildman–Crippen MR) is 74.0 cm³/mol. The van der Waals surface area contributed by atoms with Crippen LogP contribution in [0.2, 0.25) is 0 Å². The van der Waals surface area contributed by atoms with Crippen molar-refractivity contribution in [3.63, 3.8) is 0 Å². The summed E-state index contributed by atoms with van der Waals surface area (Å²) in [4.78, 5) is 20.8. The summed E-state index contributed by atoms with van der Waals surface area (Å²) in [7, 11) is 0. The number of aryl methyl sites for hydroxylation is 1. The number of amides is 1. The zero-order chi connectivity index (χ0) is 14.3. The Morgan fingerprint density at radius 1 is 1.45 bits per heavy atom. The molecule has 0 spiro atoms. The second-order valence-corrected chi connectivity index (χ2v) is 4.79. The molecule has 1 aliphatic heterocycles. The number of aromatic nitrogens is 2. The molecular weight excluding hydrogens is 252 g/mol. The molecular formula is C15H12N4O. The lowest BCUT2D eigenvalue weighted by molar-refractivity contribution is -0.117. The van der Waals surface area contributed by atoms with Crippen LogP contribution in [0.15, 0.2) is 24.4 Å². The number of nitriles is 1. The van der Waals surface area contributed by atoms with Crippen LogP contribution in [-0.4, -0.2) is 15.9 Å². The van der Waals surface area contributed by atoms with E-state index in [1.807, 2.05) is 6.07 Å².